The summed E-state index contributed by atoms with van der Waals surface area (Å²) in [6.07, 6.45) is 2.28. The van der Waals surface area contributed by atoms with Gasteiger partial charge in [0.15, 0.2) is 0 Å². The van der Waals surface area contributed by atoms with E-state index < -0.39 is 0 Å². The summed E-state index contributed by atoms with van der Waals surface area (Å²) in [6.45, 7) is 6.90. The number of likely N-dealkylation sites (tertiary alicyclic amines) is 1. The number of ether oxygens (including phenoxy) is 1. The van der Waals surface area contributed by atoms with Gasteiger partial charge in [-0.15, -0.1) is 0 Å². The molecule has 1 aliphatic rings. The second-order valence-corrected chi connectivity index (χ2v) is 5.70. The van der Waals surface area contributed by atoms with Crippen LogP contribution in [0.5, 0.6) is 0 Å². The molecule has 0 saturated carbocycles. The van der Waals surface area contributed by atoms with Crippen LogP contribution in [0.25, 0.3) is 0 Å². The minimum Gasteiger partial charge on any atom is -0.393 e. The summed E-state index contributed by atoms with van der Waals surface area (Å²) in [6, 6.07) is 0.110. The molecule has 0 radical (unpaired) electrons. The van der Waals surface area contributed by atoms with Crippen LogP contribution in [0, 0.1) is 0 Å². The molecule has 2 N–H and O–H groups in total. The lowest BCUT2D eigenvalue weighted by Crippen LogP contribution is -2.48. The van der Waals surface area contributed by atoms with Crippen molar-refractivity contribution in [3.8, 4) is 0 Å². The lowest BCUT2D eigenvalue weighted by atomic mass is 10.1. The Hall–Kier alpha value is -0.810. The fourth-order valence-electron chi connectivity index (χ4n) is 2.20. The Labute approximate surface area is 109 Å². The van der Waals surface area contributed by atoms with E-state index in [9.17, 15) is 9.90 Å². The van der Waals surface area contributed by atoms with Crippen molar-refractivity contribution in [1.82, 2.24) is 10.2 Å². The molecule has 0 aliphatic carbocycles. The summed E-state index contributed by atoms with van der Waals surface area (Å²) in [7, 11) is 1.64. The Morgan fingerprint density at radius 1 is 1.61 bits per heavy atom. The quantitative estimate of drug-likeness (QED) is 0.782. The van der Waals surface area contributed by atoms with Crippen molar-refractivity contribution in [1.29, 1.82) is 0 Å². The second kappa shape index (κ2) is 6.38. The zero-order chi connectivity index (χ0) is 13.8. The van der Waals surface area contributed by atoms with Crippen LogP contribution in [0.2, 0.25) is 0 Å². The highest BCUT2D eigenvalue weighted by Crippen LogP contribution is 2.21. The average Bonchev–Trinajstić information content (AvgIpc) is 2.73. The van der Waals surface area contributed by atoms with E-state index in [1.165, 1.54) is 0 Å². The Kier molecular flexibility index (Phi) is 5.41. The fourth-order valence-corrected chi connectivity index (χ4v) is 2.20. The fraction of sp³-hybridized carbons (Fsp3) is 0.923. The Morgan fingerprint density at radius 3 is 2.83 bits per heavy atom. The zero-order valence-electron chi connectivity index (χ0n) is 11.9. The maximum Gasteiger partial charge on any atom is 0.317 e. The van der Waals surface area contributed by atoms with Crippen molar-refractivity contribution in [2.24, 2.45) is 0 Å². The predicted molar refractivity (Wildman–Crippen MR) is 70.5 cm³/mol. The molecule has 1 fully saturated rings. The van der Waals surface area contributed by atoms with E-state index in [-0.39, 0.29) is 23.8 Å². The summed E-state index contributed by atoms with van der Waals surface area (Å²) >= 11 is 0. The first-order chi connectivity index (χ1) is 8.35. The van der Waals surface area contributed by atoms with Crippen molar-refractivity contribution in [3.63, 3.8) is 0 Å². The van der Waals surface area contributed by atoms with Crippen LogP contribution in [0.3, 0.4) is 0 Å². The van der Waals surface area contributed by atoms with Crippen molar-refractivity contribution < 1.29 is 14.6 Å². The van der Waals surface area contributed by atoms with Gasteiger partial charge in [-0.2, -0.15) is 0 Å². The van der Waals surface area contributed by atoms with Crippen molar-refractivity contribution in [3.05, 3.63) is 0 Å². The molecule has 5 nitrogen and oxygen atoms in total. The maximum atomic E-state index is 12.1. The summed E-state index contributed by atoms with van der Waals surface area (Å²) < 4.78 is 5.27. The molecule has 1 heterocycles. The number of carbonyl (C=O) groups excluding carboxylic acids is 1. The summed E-state index contributed by atoms with van der Waals surface area (Å²) in [5, 5.41) is 12.3. The molecule has 0 unspecified atom stereocenters. The number of urea groups is 1. The van der Waals surface area contributed by atoms with Gasteiger partial charge in [0.05, 0.1) is 11.7 Å². The van der Waals surface area contributed by atoms with Gasteiger partial charge in [-0.05, 0) is 40.0 Å². The molecule has 0 aromatic carbocycles. The Morgan fingerprint density at radius 2 is 2.28 bits per heavy atom. The Bertz CT molecular complexity index is 279. The Balaban J connectivity index is 2.45. The molecule has 18 heavy (non-hydrogen) atoms. The SMILES string of the molecule is COC(C)(C)CNC(=O)N1CCC[C@@H]1C[C@@H](C)O. The first kappa shape index (κ1) is 15.2. The smallest absolute Gasteiger partial charge is 0.317 e. The van der Waals surface area contributed by atoms with Crippen LogP contribution < -0.4 is 5.32 Å². The van der Waals surface area contributed by atoms with Crippen molar-refractivity contribution in [2.75, 3.05) is 20.2 Å². The van der Waals surface area contributed by atoms with E-state index in [0.717, 1.165) is 19.4 Å². The lowest BCUT2D eigenvalue weighted by Gasteiger charge is -2.29. The summed E-state index contributed by atoms with van der Waals surface area (Å²) in [5.74, 6) is 0. The van der Waals surface area contributed by atoms with E-state index >= 15 is 0 Å². The highest BCUT2D eigenvalue weighted by Gasteiger charge is 2.30. The maximum absolute atomic E-state index is 12.1. The van der Waals surface area contributed by atoms with Crippen LogP contribution in [0.15, 0.2) is 0 Å². The van der Waals surface area contributed by atoms with E-state index in [1.807, 2.05) is 18.7 Å². The number of aliphatic hydroxyl groups is 1. The summed E-state index contributed by atoms with van der Waals surface area (Å²) in [5.41, 5.74) is -0.352. The van der Waals surface area contributed by atoms with E-state index in [4.69, 9.17) is 4.74 Å². The first-order valence-corrected chi connectivity index (χ1v) is 6.63. The van der Waals surface area contributed by atoms with Gasteiger partial charge >= 0.3 is 6.03 Å². The van der Waals surface area contributed by atoms with Crippen LogP contribution in [0.1, 0.15) is 40.0 Å². The van der Waals surface area contributed by atoms with E-state index in [2.05, 4.69) is 5.32 Å². The number of methoxy groups -OCH3 is 1. The first-order valence-electron chi connectivity index (χ1n) is 6.63. The number of aliphatic hydroxyl groups excluding tert-OH is 1. The van der Waals surface area contributed by atoms with Gasteiger partial charge in [0, 0.05) is 26.2 Å². The van der Waals surface area contributed by atoms with Crippen LogP contribution in [0.4, 0.5) is 4.79 Å². The number of amides is 2. The second-order valence-electron chi connectivity index (χ2n) is 5.70. The molecule has 1 rings (SSSR count). The van der Waals surface area contributed by atoms with Gasteiger partial charge < -0.3 is 20.1 Å². The predicted octanol–water partition coefficient (Wildman–Crippen LogP) is 1.36. The molecule has 2 amide bonds. The molecule has 0 aromatic rings. The monoisotopic (exact) mass is 258 g/mol. The largest absolute Gasteiger partial charge is 0.393 e. The topological polar surface area (TPSA) is 61.8 Å². The van der Waals surface area contributed by atoms with Gasteiger partial charge in [-0.1, -0.05) is 0 Å². The van der Waals surface area contributed by atoms with Gasteiger partial charge in [0.2, 0.25) is 0 Å². The third-order valence-corrected chi connectivity index (χ3v) is 3.47. The third-order valence-electron chi connectivity index (χ3n) is 3.47. The van der Waals surface area contributed by atoms with Gasteiger partial charge in [0.1, 0.15) is 0 Å². The standard InChI is InChI=1S/C13H26N2O3/c1-10(16)8-11-6-5-7-15(11)12(17)14-9-13(2,3)18-4/h10-11,16H,5-9H2,1-4H3,(H,14,17)/t10-,11-/m1/s1. The third kappa shape index (κ3) is 4.46. The minimum absolute atomic E-state index is 0.0525. The number of hydrogen-bond donors (Lipinski definition) is 2. The highest BCUT2D eigenvalue weighted by atomic mass is 16.5. The van der Waals surface area contributed by atoms with E-state index in [1.54, 1.807) is 14.0 Å². The van der Waals surface area contributed by atoms with Crippen molar-refractivity contribution in [2.45, 2.75) is 57.8 Å². The molecule has 0 spiro atoms. The number of carbonyl (C=O) groups is 1. The van der Waals surface area contributed by atoms with Gasteiger partial charge in [-0.25, -0.2) is 4.79 Å². The minimum atomic E-state index is -0.362. The molecule has 0 aromatic heterocycles. The van der Waals surface area contributed by atoms with E-state index in [0.29, 0.717) is 13.0 Å². The van der Waals surface area contributed by atoms with Crippen LogP contribution >= 0.6 is 0 Å². The number of nitrogens with zero attached hydrogens (tertiary/aromatic N) is 1. The molecule has 5 heteroatoms. The zero-order valence-corrected chi connectivity index (χ0v) is 11.9. The average molecular weight is 258 g/mol. The molecular weight excluding hydrogens is 232 g/mol. The normalized spacial score (nSPS) is 22.1. The van der Waals surface area contributed by atoms with Crippen molar-refractivity contribution >= 4 is 6.03 Å². The summed E-state index contributed by atoms with van der Waals surface area (Å²) in [4.78, 5) is 13.9. The number of nitrogens with one attached hydrogen (secondary N) is 1. The van der Waals surface area contributed by atoms with Gasteiger partial charge in [-0.3, -0.25) is 0 Å². The lowest BCUT2D eigenvalue weighted by molar-refractivity contribution is 0.0239. The molecular formula is C13H26N2O3. The molecule has 106 valence electrons. The highest BCUT2D eigenvalue weighted by molar-refractivity contribution is 5.74. The number of rotatable bonds is 5. The molecule has 1 aliphatic heterocycles. The number of hydrogen-bond acceptors (Lipinski definition) is 3. The van der Waals surface area contributed by atoms with Crippen LogP contribution in [-0.4, -0.2) is 54.0 Å². The molecule has 1 saturated heterocycles. The van der Waals surface area contributed by atoms with Gasteiger partial charge in [0.25, 0.3) is 0 Å². The molecule has 0 bridgehead atoms. The van der Waals surface area contributed by atoms with Crippen LogP contribution in [-0.2, 0) is 4.74 Å². The molecule has 2 atom stereocenters.